The summed E-state index contributed by atoms with van der Waals surface area (Å²) in [6.45, 7) is 20.2. The number of fused-ring (bicyclic) bond motifs is 5. The Morgan fingerprint density at radius 1 is 0.395 bits per heavy atom. The number of hydrogen-bond donors (Lipinski definition) is 16. The number of nitrogens with two attached hydrogens (primary N) is 2. The highest BCUT2D eigenvalue weighted by molar-refractivity contribution is 7.73. The van der Waals surface area contributed by atoms with E-state index >= 15 is 0 Å². The summed E-state index contributed by atoms with van der Waals surface area (Å²) < 4.78 is 39.2. The fourth-order valence-corrected chi connectivity index (χ4v) is 20.1. The van der Waals surface area contributed by atoms with Crippen molar-refractivity contribution in [3.05, 3.63) is 83.1 Å². The van der Waals surface area contributed by atoms with Gasteiger partial charge in [0.25, 0.3) is 16.7 Å². The number of imidazole rings is 5. The van der Waals surface area contributed by atoms with Gasteiger partial charge in [-0.25, -0.2) is 39.9 Å². The summed E-state index contributed by atoms with van der Waals surface area (Å²) in [4.78, 5) is 91.4. The van der Waals surface area contributed by atoms with Gasteiger partial charge in [-0.2, -0.15) is 9.97 Å². The van der Waals surface area contributed by atoms with Crippen LogP contribution in [0.5, 0.6) is 0 Å². The molecular formula is C76H120N23O18P5S2. The summed E-state index contributed by atoms with van der Waals surface area (Å²) in [5.41, 5.74) is 14.0. The summed E-state index contributed by atoms with van der Waals surface area (Å²) in [5, 5.41) is 104. The van der Waals surface area contributed by atoms with Crippen molar-refractivity contribution < 1.29 is 74.7 Å². The third-order valence-corrected chi connectivity index (χ3v) is 29.6. The minimum Gasteiger partial charge on any atom is -0.388 e. The Labute approximate surface area is 725 Å². The number of hydrogen-bond acceptors (Lipinski definition) is 33. The quantitative estimate of drug-likeness (QED) is 0.0362. The molecule has 10 aromatic rings. The largest absolute Gasteiger partial charge is 0.388 e. The van der Waals surface area contributed by atoms with E-state index in [1.807, 2.05) is 0 Å². The van der Waals surface area contributed by atoms with Gasteiger partial charge in [-0.3, -0.25) is 46.8 Å². The summed E-state index contributed by atoms with van der Waals surface area (Å²) in [6.07, 6.45) is 17.1. The number of aliphatic hydroxyl groups excluding tert-OH is 10. The molecule has 124 heavy (non-hydrogen) atoms. The molecule has 0 radical (unpaired) electrons. The number of nitrogens with one attached hydrogen (secondary N) is 4. The molecule has 10 aromatic heterocycles. The number of aliphatic hydroxyl groups is 10. The third-order valence-electron chi connectivity index (χ3n) is 21.6. The van der Waals surface area contributed by atoms with Crippen LogP contribution in [0.15, 0.2) is 39.7 Å². The van der Waals surface area contributed by atoms with Gasteiger partial charge in [-0.15, -0.1) is 65.9 Å². The molecule has 15 rings (SSSR count). The highest BCUT2D eigenvalue weighted by Crippen LogP contribution is 2.46. The maximum atomic E-state index is 12.2. The van der Waals surface area contributed by atoms with Gasteiger partial charge in [-0.05, 0) is 150 Å². The van der Waals surface area contributed by atoms with Crippen LogP contribution in [-0.4, -0.2) is 383 Å². The number of aromatic amines is 4. The lowest BCUT2D eigenvalue weighted by molar-refractivity contribution is -0.0353. The first-order valence-corrected chi connectivity index (χ1v) is 56.1. The second-order valence-electron chi connectivity index (χ2n) is 35.9. The molecule has 0 spiro atoms. The topological polar surface area (TPSA) is 577 Å². The summed E-state index contributed by atoms with van der Waals surface area (Å²) in [6, 6.07) is 0. The number of aryl methyl sites for hydroxylation is 3. The SMILES string of the molecule is C=P(C)(C)CC[C@H]1O[C@@H](n2c(N)nc3c(=O)[nH]c(C)nc32)[C@H](O)[C@@H]1O.C=P(C)(C)CC[C@H]1O[C@@H](n2cnc3c(=O)[nH]c(N(C)C)nc32)[C@H](O)[C@@H]1O.C=P(C)(C)CC[C@H]1O[C@@H](n2cnc3c(=O)n(C)c(N)nc32)[C@H](O)[C@@H]1O.C=P(C)(C)CC[C@H]1O[C@@H](n2cnc3c(=S)nc(C)[nH]c32)[C@H](O)[C@@H]1O.C=P(C)(C)CC[C@H]1O[C@@H](n2cnc3c(=S)nc(C)[nH]c32)[C@H](O)[C@@H]1O. The Bertz CT molecular complexity index is 5970. The molecule has 48 heteroatoms. The minimum absolute atomic E-state index is 0.000452. The molecule has 20 atom stereocenters. The lowest BCUT2D eigenvalue weighted by Gasteiger charge is -2.19. The van der Waals surface area contributed by atoms with E-state index in [9.17, 15) is 65.4 Å². The number of nitrogen functional groups attached to an aromatic ring is 2. The van der Waals surface area contributed by atoms with Gasteiger partial charge >= 0.3 is 0 Å². The van der Waals surface area contributed by atoms with Crippen LogP contribution in [0.3, 0.4) is 0 Å². The molecule has 5 aliphatic rings. The van der Waals surface area contributed by atoms with Gasteiger partial charge in [0.15, 0.2) is 73.9 Å². The normalized spacial score (nSPS) is 27.3. The lowest BCUT2D eigenvalue weighted by Crippen LogP contribution is -2.32. The molecule has 684 valence electrons. The fourth-order valence-electron chi connectivity index (χ4n) is 14.8. The Morgan fingerprint density at radius 2 is 0.702 bits per heavy atom. The van der Waals surface area contributed by atoms with E-state index in [-0.39, 0.29) is 50.9 Å². The number of anilines is 3. The molecule has 5 saturated heterocycles. The van der Waals surface area contributed by atoms with Crippen molar-refractivity contribution >= 4 is 164 Å². The first kappa shape index (κ1) is 97.5. The number of aromatic nitrogens is 20. The van der Waals surface area contributed by atoms with Crippen molar-refractivity contribution in [3.8, 4) is 0 Å². The Hall–Kier alpha value is -7.11. The lowest BCUT2D eigenvalue weighted by atomic mass is 10.1. The molecule has 15 heterocycles. The van der Waals surface area contributed by atoms with Crippen LogP contribution >= 0.6 is 58.9 Å². The van der Waals surface area contributed by atoms with Crippen molar-refractivity contribution in [2.75, 3.05) is 128 Å². The molecule has 18 N–H and O–H groups in total. The van der Waals surface area contributed by atoms with Gasteiger partial charge < -0.3 is 106 Å². The van der Waals surface area contributed by atoms with E-state index in [0.29, 0.717) is 92.8 Å². The second kappa shape index (κ2) is 38.3. The van der Waals surface area contributed by atoms with Gasteiger partial charge in [-0.1, -0.05) is 24.4 Å². The van der Waals surface area contributed by atoms with E-state index in [2.05, 4.69) is 168 Å². The number of ether oxygens (including phenoxy) is 5. The van der Waals surface area contributed by atoms with Gasteiger partial charge in [0.2, 0.25) is 17.8 Å². The van der Waals surface area contributed by atoms with Crippen molar-refractivity contribution in [3.63, 3.8) is 0 Å². The van der Waals surface area contributed by atoms with Crippen LogP contribution in [-0.2, 0) is 30.7 Å². The Balaban J connectivity index is 0.000000151. The van der Waals surface area contributed by atoms with Crippen LogP contribution in [0, 0.1) is 30.1 Å². The Kier molecular flexibility index (Phi) is 30.1. The zero-order valence-electron chi connectivity index (χ0n) is 72.5. The van der Waals surface area contributed by atoms with Crippen molar-refractivity contribution in [1.29, 1.82) is 0 Å². The molecule has 5 aliphatic heterocycles. The smallest absolute Gasteiger partial charge is 0.282 e. The predicted molar refractivity (Wildman–Crippen MR) is 498 cm³/mol. The molecule has 0 aliphatic carbocycles. The Morgan fingerprint density at radius 3 is 1.06 bits per heavy atom. The maximum Gasteiger partial charge on any atom is 0.282 e. The van der Waals surface area contributed by atoms with Crippen LogP contribution in [0.4, 0.5) is 17.8 Å². The summed E-state index contributed by atoms with van der Waals surface area (Å²) >= 11 is 10.4. The monoisotopic (exact) mass is 1860 g/mol. The van der Waals surface area contributed by atoms with Crippen LogP contribution in [0.25, 0.3) is 55.8 Å². The van der Waals surface area contributed by atoms with E-state index < -0.39 is 163 Å². The predicted octanol–water partition coefficient (Wildman–Crippen LogP) is 2.10. The van der Waals surface area contributed by atoms with Crippen LogP contribution < -0.4 is 33.0 Å². The maximum absolute atomic E-state index is 12.2. The van der Waals surface area contributed by atoms with Gasteiger partial charge in [0, 0.05) is 21.1 Å². The zero-order chi connectivity index (χ0) is 91.5. The van der Waals surface area contributed by atoms with Gasteiger partial charge in [0.1, 0.15) is 101 Å². The summed E-state index contributed by atoms with van der Waals surface area (Å²) in [5.74, 6) is 2.11. The average Bonchev–Trinajstić information content (AvgIpc) is 1.58. The number of H-pyrrole nitrogens is 4. The van der Waals surface area contributed by atoms with E-state index in [4.69, 9.17) is 59.6 Å². The van der Waals surface area contributed by atoms with Crippen LogP contribution in [0.1, 0.15) is 80.7 Å². The highest BCUT2D eigenvalue weighted by Gasteiger charge is 2.49. The average molecular weight is 1860 g/mol. The van der Waals surface area contributed by atoms with Crippen molar-refractivity contribution in [1.82, 2.24) is 97.2 Å². The van der Waals surface area contributed by atoms with E-state index in [1.54, 1.807) is 61.6 Å². The molecule has 0 unspecified atom stereocenters. The van der Waals surface area contributed by atoms with E-state index in [1.165, 1.54) is 38.0 Å². The highest BCUT2D eigenvalue weighted by atomic mass is 32.1. The molecule has 41 nitrogen and oxygen atoms in total. The molecule has 0 saturated carbocycles. The first-order valence-electron chi connectivity index (χ1n) is 40.0. The molecule has 0 amide bonds. The summed E-state index contributed by atoms with van der Waals surface area (Å²) in [7, 11) is 5.03. The minimum atomic E-state index is -1.28. The molecule has 0 aromatic carbocycles. The van der Waals surface area contributed by atoms with Crippen molar-refractivity contribution in [2.24, 2.45) is 7.05 Å². The van der Waals surface area contributed by atoms with Crippen LogP contribution in [0.2, 0.25) is 0 Å². The standard InChI is InChI=1S/C16H26N5O4P.2C15H24N5O4P.2C15H23N4O3PS/c1-20(2)16-18-13-10(14(24)19-16)17-8-21(13)15-12(23)11(22)9(25-15)6-7-26(3,4)5;1-19-13(23)9-12(18-15(19)16)20(7-17-9)14-11(22)10(21)8(24-14)5-6-25(2,3)4;1-7-17-12-9(13(23)18-7)19-15(16)20(12)14-11(22)10(21)8(24-14)5-6-25(2,3)4;2*1-8-17-13-10(14(24)18-8)16-7-19(13)15-12(21)11(20)9(22-15)5-6-23(2,3)4/h8-9,11-12,15,22-23H,3,6-7H2,1-2,4-5H3,(H,18,19,24);7-8,10-11,14,21-22H,2,5-6H2,1,3-4H3,(H2,16,18);8,10-11,14,21-22H,2,5-6H2,1,3-4H3,(H2,16,19)(H,17,18,23);2*7,9,11-12,15,20-21H,2,5-6H2,1,3-4H3,(H,17,18,24)/t9-,11-,12-,15-;2*8-,10-,11-,14-;2*9-,11-,12-,15-/m11111/s1. The number of rotatable bonds is 21. The molecular weight excluding hydrogens is 1740 g/mol. The molecule has 0 bridgehead atoms. The van der Waals surface area contributed by atoms with Crippen molar-refractivity contribution in [2.45, 2.75) is 176 Å². The third kappa shape index (κ3) is 22.2. The molecule has 5 fully saturated rings. The van der Waals surface area contributed by atoms with Gasteiger partial charge in [0.05, 0.1) is 55.8 Å². The van der Waals surface area contributed by atoms with E-state index in [0.717, 1.165) is 30.8 Å². The fraction of sp³-hybridized carbons (Fsp3) is 0.605. The number of nitrogens with zero attached hydrogens (tertiary/aromatic N) is 17. The second-order valence-corrected chi connectivity index (χ2v) is 58.2. The zero-order valence-corrected chi connectivity index (χ0v) is 78.6. The first-order chi connectivity index (χ1) is 57.6.